The van der Waals surface area contributed by atoms with Crippen LogP contribution in [0, 0.1) is 20.8 Å². The molecule has 0 fully saturated rings. The lowest BCUT2D eigenvalue weighted by atomic mass is 10.1. The molecular formula is C25H24N4O5. The molecule has 0 spiro atoms. The molecule has 0 aliphatic carbocycles. The molecule has 1 aliphatic rings. The highest BCUT2D eigenvalue weighted by Crippen LogP contribution is 2.31. The van der Waals surface area contributed by atoms with Crippen LogP contribution in [0.1, 0.15) is 37.8 Å². The fourth-order valence-electron chi connectivity index (χ4n) is 4.24. The Morgan fingerprint density at radius 3 is 2.76 bits per heavy atom. The summed E-state index contributed by atoms with van der Waals surface area (Å²) in [6.45, 7) is 6.09. The molecule has 174 valence electrons. The number of benzene rings is 1. The number of para-hydroxylation sites is 2. The van der Waals surface area contributed by atoms with Crippen LogP contribution in [-0.4, -0.2) is 50.2 Å². The maximum absolute atomic E-state index is 12.9. The van der Waals surface area contributed by atoms with Crippen molar-refractivity contribution >= 4 is 17.4 Å². The van der Waals surface area contributed by atoms with Crippen LogP contribution >= 0.6 is 0 Å². The van der Waals surface area contributed by atoms with Crippen LogP contribution in [-0.2, 0) is 11.3 Å². The lowest BCUT2D eigenvalue weighted by molar-refractivity contribution is 0.0475. The van der Waals surface area contributed by atoms with E-state index in [9.17, 15) is 9.59 Å². The second kappa shape index (κ2) is 8.66. The lowest BCUT2D eigenvalue weighted by Crippen LogP contribution is -2.33. The summed E-state index contributed by atoms with van der Waals surface area (Å²) >= 11 is 0. The Kier molecular flexibility index (Phi) is 5.53. The van der Waals surface area contributed by atoms with Crippen molar-refractivity contribution < 1.29 is 23.8 Å². The Labute approximate surface area is 195 Å². The maximum atomic E-state index is 12.9. The number of hydrogen-bond donors (Lipinski definition) is 0. The van der Waals surface area contributed by atoms with Crippen molar-refractivity contribution in [1.29, 1.82) is 0 Å². The minimum Gasteiger partial charge on any atom is -0.486 e. The minimum absolute atomic E-state index is 0.188. The molecule has 1 atom stereocenters. The average Bonchev–Trinajstić information content (AvgIpc) is 3.32. The van der Waals surface area contributed by atoms with E-state index in [1.54, 1.807) is 25.4 Å². The van der Waals surface area contributed by atoms with Crippen molar-refractivity contribution in [3.63, 3.8) is 0 Å². The van der Waals surface area contributed by atoms with E-state index in [2.05, 4.69) is 10.1 Å². The highest BCUT2D eigenvalue weighted by molar-refractivity contribution is 6.02. The number of Topliss-reactive ketones (excluding diaryl/α,β-unsaturated/α-hetero) is 1. The largest absolute Gasteiger partial charge is 0.486 e. The first-order chi connectivity index (χ1) is 16.4. The first-order valence-electron chi connectivity index (χ1n) is 11.0. The Hall–Kier alpha value is -4.14. The van der Waals surface area contributed by atoms with Gasteiger partial charge in [-0.1, -0.05) is 12.1 Å². The molecular weight excluding hydrogens is 436 g/mol. The van der Waals surface area contributed by atoms with Gasteiger partial charge in [0.25, 0.3) is 0 Å². The van der Waals surface area contributed by atoms with Gasteiger partial charge in [-0.15, -0.1) is 0 Å². The molecule has 0 saturated heterocycles. The van der Waals surface area contributed by atoms with Crippen molar-refractivity contribution in [3.8, 4) is 11.5 Å². The SMILES string of the molecule is Cc1nn2cccnc2c1C(=O)OCC(=O)c1cc(C)n(CC2COc3ccccc3O2)c1C. The number of carbonyl (C=O) groups is 2. The highest BCUT2D eigenvalue weighted by atomic mass is 16.6. The number of carbonyl (C=O) groups excluding carboxylic acids is 2. The lowest BCUT2D eigenvalue weighted by Gasteiger charge is -2.27. The van der Waals surface area contributed by atoms with Gasteiger partial charge in [0.1, 0.15) is 12.2 Å². The number of rotatable bonds is 6. The summed E-state index contributed by atoms with van der Waals surface area (Å²) in [5.74, 6) is 0.539. The zero-order chi connectivity index (χ0) is 23.8. The van der Waals surface area contributed by atoms with Gasteiger partial charge in [0, 0.05) is 29.3 Å². The summed E-state index contributed by atoms with van der Waals surface area (Å²) in [7, 11) is 0. The van der Waals surface area contributed by atoms with Gasteiger partial charge >= 0.3 is 5.97 Å². The normalized spacial score (nSPS) is 14.9. The van der Waals surface area contributed by atoms with Gasteiger partial charge in [0.2, 0.25) is 5.78 Å². The maximum Gasteiger partial charge on any atom is 0.344 e. The Morgan fingerprint density at radius 2 is 1.94 bits per heavy atom. The molecule has 9 nitrogen and oxygen atoms in total. The zero-order valence-corrected chi connectivity index (χ0v) is 19.1. The molecule has 0 bridgehead atoms. The third-order valence-electron chi connectivity index (χ3n) is 5.94. The van der Waals surface area contributed by atoms with Gasteiger partial charge < -0.3 is 18.8 Å². The first-order valence-corrected chi connectivity index (χ1v) is 11.0. The van der Waals surface area contributed by atoms with E-state index < -0.39 is 5.97 Å². The molecule has 1 aromatic carbocycles. The van der Waals surface area contributed by atoms with E-state index in [4.69, 9.17) is 14.2 Å². The number of aryl methyl sites for hydroxylation is 2. The van der Waals surface area contributed by atoms with E-state index in [1.165, 1.54) is 4.52 Å². The van der Waals surface area contributed by atoms with Crippen LogP contribution in [0.2, 0.25) is 0 Å². The summed E-state index contributed by atoms with van der Waals surface area (Å²) in [4.78, 5) is 29.8. The molecule has 1 unspecified atom stereocenters. The van der Waals surface area contributed by atoms with E-state index in [0.717, 1.165) is 17.1 Å². The van der Waals surface area contributed by atoms with Crippen LogP contribution < -0.4 is 9.47 Å². The highest BCUT2D eigenvalue weighted by Gasteiger charge is 2.25. The molecule has 4 aromatic rings. The summed E-state index contributed by atoms with van der Waals surface area (Å²) in [5, 5.41) is 4.26. The number of esters is 1. The van der Waals surface area contributed by atoms with Crippen LogP contribution in [0.15, 0.2) is 48.8 Å². The van der Waals surface area contributed by atoms with Crippen molar-refractivity contribution in [2.45, 2.75) is 33.4 Å². The van der Waals surface area contributed by atoms with E-state index in [-0.39, 0.29) is 24.1 Å². The van der Waals surface area contributed by atoms with Crippen molar-refractivity contribution in [2.24, 2.45) is 0 Å². The van der Waals surface area contributed by atoms with Crippen LogP contribution in [0.25, 0.3) is 5.65 Å². The number of ether oxygens (including phenoxy) is 3. The second-order valence-electron chi connectivity index (χ2n) is 8.24. The van der Waals surface area contributed by atoms with Gasteiger partial charge in [-0.25, -0.2) is 14.3 Å². The zero-order valence-electron chi connectivity index (χ0n) is 19.1. The van der Waals surface area contributed by atoms with Gasteiger partial charge in [0.05, 0.1) is 12.2 Å². The van der Waals surface area contributed by atoms with E-state index >= 15 is 0 Å². The quantitative estimate of drug-likeness (QED) is 0.322. The molecule has 4 heterocycles. The number of hydrogen-bond acceptors (Lipinski definition) is 7. The molecule has 1 aliphatic heterocycles. The Bertz CT molecular complexity index is 1400. The summed E-state index contributed by atoms with van der Waals surface area (Å²) in [6.07, 6.45) is 3.09. The third kappa shape index (κ3) is 3.89. The fourth-order valence-corrected chi connectivity index (χ4v) is 4.24. The molecule has 0 amide bonds. The summed E-state index contributed by atoms with van der Waals surface area (Å²) in [5.41, 5.74) is 3.36. The van der Waals surface area contributed by atoms with Gasteiger partial charge in [-0.2, -0.15) is 5.10 Å². The fraction of sp³-hybridized carbons (Fsp3) is 0.280. The molecule has 0 saturated carbocycles. The molecule has 3 aromatic heterocycles. The van der Waals surface area contributed by atoms with Crippen LogP contribution in [0.5, 0.6) is 11.5 Å². The average molecular weight is 460 g/mol. The first kappa shape index (κ1) is 21.7. The van der Waals surface area contributed by atoms with Crippen molar-refractivity contribution in [1.82, 2.24) is 19.2 Å². The molecule has 0 N–H and O–H groups in total. The molecule has 9 heteroatoms. The number of nitrogens with zero attached hydrogens (tertiary/aromatic N) is 4. The Balaban J connectivity index is 1.27. The van der Waals surface area contributed by atoms with E-state index in [0.29, 0.717) is 35.8 Å². The van der Waals surface area contributed by atoms with Gasteiger partial charge in [0.15, 0.2) is 29.9 Å². The second-order valence-corrected chi connectivity index (χ2v) is 8.24. The topological polar surface area (TPSA) is 97.0 Å². The van der Waals surface area contributed by atoms with Crippen LogP contribution in [0.4, 0.5) is 0 Å². The predicted molar refractivity (Wildman–Crippen MR) is 123 cm³/mol. The van der Waals surface area contributed by atoms with Crippen molar-refractivity contribution in [3.05, 3.63) is 77.0 Å². The van der Waals surface area contributed by atoms with Gasteiger partial charge in [-0.05, 0) is 45.0 Å². The number of aromatic nitrogens is 4. The molecule has 0 radical (unpaired) electrons. The van der Waals surface area contributed by atoms with E-state index in [1.807, 2.05) is 48.7 Å². The monoisotopic (exact) mass is 460 g/mol. The minimum atomic E-state index is -0.625. The van der Waals surface area contributed by atoms with Crippen molar-refractivity contribution in [2.75, 3.05) is 13.2 Å². The number of fused-ring (bicyclic) bond motifs is 2. The molecule has 34 heavy (non-hydrogen) atoms. The number of ketones is 1. The summed E-state index contributed by atoms with van der Waals surface area (Å²) in [6, 6.07) is 11.1. The third-order valence-corrected chi connectivity index (χ3v) is 5.94. The predicted octanol–water partition coefficient (Wildman–Crippen LogP) is 3.34. The molecule has 5 rings (SSSR count). The smallest absolute Gasteiger partial charge is 0.344 e. The van der Waals surface area contributed by atoms with Gasteiger partial charge in [-0.3, -0.25) is 4.79 Å². The summed E-state index contributed by atoms with van der Waals surface area (Å²) < 4.78 is 20.8. The van der Waals surface area contributed by atoms with Crippen LogP contribution in [0.3, 0.4) is 0 Å². The Morgan fingerprint density at radius 1 is 1.15 bits per heavy atom. The standard InChI is InChI=1S/C25H24N4O5/c1-15-11-19(17(3)28(15)12-18-13-32-21-7-4-5-8-22(21)34-18)20(30)14-33-25(31)23-16(2)27-29-10-6-9-26-24(23)29/h4-11,18H,12-14H2,1-3H3.